The number of aliphatic imine (C=N–C) groups is 1. The van der Waals surface area contributed by atoms with Crippen molar-refractivity contribution in [3.63, 3.8) is 0 Å². The van der Waals surface area contributed by atoms with Crippen molar-refractivity contribution in [2.75, 3.05) is 20.2 Å². The number of thioether (sulfide) groups is 1. The van der Waals surface area contributed by atoms with E-state index in [9.17, 15) is 18.0 Å². The van der Waals surface area contributed by atoms with Crippen LogP contribution >= 0.6 is 11.8 Å². The maximum atomic E-state index is 12.6. The van der Waals surface area contributed by atoms with Gasteiger partial charge in [0.1, 0.15) is 11.6 Å². The van der Waals surface area contributed by atoms with Crippen molar-refractivity contribution in [3.8, 4) is 5.75 Å². The molecule has 1 saturated heterocycles. The van der Waals surface area contributed by atoms with Crippen molar-refractivity contribution in [2.24, 2.45) is 4.99 Å². The predicted octanol–water partition coefficient (Wildman–Crippen LogP) is 2.47. The fourth-order valence-electron chi connectivity index (χ4n) is 3.06. The van der Waals surface area contributed by atoms with E-state index >= 15 is 0 Å². The van der Waals surface area contributed by atoms with Gasteiger partial charge in [-0.15, -0.1) is 0 Å². The number of hydrogen-bond acceptors (Lipinski definition) is 7. The highest BCUT2D eigenvalue weighted by atomic mass is 32.2. The third-order valence-electron chi connectivity index (χ3n) is 4.54. The van der Waals surface area contributed by atoms with Gasteiger partial charge in [-0.2, -0.15) is 0 Å². The molecule has 0 unspecified atom stereocenters. The SMILES string of the molecule is COc1ccc(C=C2SC(=O)N(CCN=C3NS(=O)(=O)c4ccccc43)C2=O)cc1. The first-order valence-corrected chi connectivity index (χ1v) is 11.2. The Kier molecular flexibility index (Phi) is 5.35. The highest BCUT2D eigenvalue weighted by Gasteiger charge is 2.35. The summed E-state index contributed by atoms with van der Waals surface area (Å²) in [6.45, 7) is 0.137. The van der Waals surface area contributed by atoms with Crippen molar-refractivity contribution < 1.29 is 22.7 Å². The lowest BCUT2D eigenvalue weighted by atomic mass is 10.2. The molecule has 0 bridgehead atoms. The summed E-state index contributed by atoms with van der Waals surface area (Å²) in [5.41, 5.74) is 1.25. The highest BCUT2D eigenvalue weighted by molar-refractivity contribution is 8.18. The molecule has 2 aliphatic heterocycles. The number of nitrogens with zero attached hydrogens (tertiary/aromatic N) is 2. The van der Waals surface area contributed by atoms with E-state index < -0.39 is 15.9 Å². The van der Waals surface area contributed by atoms with Crippen LogP contribution in [0.4, 0.5) is 4.79 Å². The summed E-state index contributed by atoms with van der Waals surface area (Å²) in [4.78, 5) is 30.7. The topological polar surface area (TPSA) is 105 Å². The summed E-state index contributed by atoms with van der Waals surface area (Å²) in [6.07, 6.45) is 1.65. The average Bonchev–Trinajstić information content (AvgIpc) is 3.16. The Morgan fingerprint density at radius 3 is 2.60 bits per heavy atom. The molecule has 2 aromatic rings. The number of rotatable bonds is 5. The van der Waals surface area contributed by atoms with Crippen molar-refractivity contribution in [3.05, 3.63) is 64.6 Å². The van der Waals surface area contributed by atoms with E-state index in [1.54, 1.807) is 55.7 Å². The van der Waals surface area contributed by atoms with E-state index in [0.717, 1.165) is 22.2 Å². The molecule has 154 valence electrons. The summed E-state index contributed by atoms with van der Waals surface area (Å²) in [5, 5.41) is -0.382. The van der Waals surface area contributed by atoms with Crippen LogP contribution in [0.25, 0.3) is 6.08 Å². The van der Waals surface area contributed by atoms with Gasteiger partial charge in [-0.25, -0.2) is 8.42 Å². The summed E-state index contributed by atoms with van der Waals surface area (Å²) in [7, 11) is -2.06. The second kappa shape index (κ2) is 7.96. The Bertz CT molecular complexity index is 1190. The molecule has 0 atom stereocenters. The summed E-state index contributed by atoms with van der Waals surface area (Å²) >= 11 is 0.865. The van der Waals surface area contributed by atoms with Crippen LogP contribution in [-0.4, -0.2) is 50.5 Å². The first-order valence-electron chi connectivity index (χ1n) is 8.95. The molecule has 4 rings (SSSR count). The minimum absolute atomic E-state index is 0.0536. The number of carbonyl (C=O) groups excluding carboxylic acids is 2. The second-order valence-corrected chi connectivity index (χ2v) is 9.08. The zero-order chi connectivity index (χ0) is 21.3. The molecule has 1 N–H and O–H groups in total. The fourth-order valence-corrected chi connectivity index (χ4v) is 5.17. The molecule has 0 aliphatic carbocycles. The fraction of sp³-hybridized carbons (Fsp3) is 0.150. The molecule has 2 amide bonds. The molecule has 1 fully saturated rings. The Labute approximate surface area is 177 Å². The molecule has 2 aliphatic rings. The number of sulfonamides is 1. The van der Waals surface area contributed by atoms with E-state index in [-0.39, 0.29) is 29.1 Å². The van der Waals surface area contributed by atoms with Crippen molar-refractivity contribution in [1.82, 2.24) is 9.62 Å². The minimum Gasteiger partial charge on any atom is -0.497 e. The molecule has 0 saturated carbocycles. The van der Waals surface area contributed by atoms with Crippen LogP contribution in [-0.2, 0) is 14.8 Å². The number of methoxy groups -OCH3 is 1. The Morgan fingerprint density at radius 2 is 1.87 bits per heavy atom. The van der Waals surface area contributed by atoms with Gasteiger partial charge in [0.2, 0.25) is 0 Å². The first-order chi connectivity index (χ1) is 14.4. The van der Waals surface area contributed by atoms with E-state index in [1.807, 2.05) is 0 Å². The van der Waals surface area contributed by atoms with Gasteiger partial charge in [-0.05, 0) is 47.7 Å². The summed E-state index contributed by atoms with van der Waals surface area (Å²) < 4.78 is 31.7. The molecule has 0 spiro atoms. The maximum Gasteiger partial charge on any atom is 0.293 e. The van der Waals surface area contributed by atoms with Gasteiger partial charge < -0.3 is 4.74 Å². The number of ether oxygens (including phenoxy) is 1. The molecule has 8 nitrogen and oxygen atoms in total. The molecule has 10 heteroatoms. The first kappa shape index (κ1) is 20.2. The van der Waals surface area contributed by atoms with Gasteiger partial charge >= 0.3 is 0 Å². The number of carbonyl (C=O) groups is 2. The number of benzene rings is 2. The van der Waals surface area contributed by atoms with Crippen LogP contribution in [0, 0.1) is 0 Å². The number of amidine groups is 1. The highest BCUT2D eigenvalue weighted by Crippen LogP contribution is 2.32. The normalized spacial score (nSPS) is 20.0. The number of nitrogens with one attached hydrogen (secondary N) is 1. The molecule has 2 aromatic carbocycles. The average molecular weight is 444 g/mol. The summed E-state index contributed by atoms with van der Waals surface area (Å²) in [5.74, 6) is 0.517. The minimum atomic E-state index is -3.62. The van der Waals surface area contributed by atoms with Crippen LogP contribution < -0.4 is 9.46 Å². The quantitative estimate of drug-likeness (QED) is 0.712. The van der Waals surface area contributed by atoms with Crippen molar-refractivity contribution in [1.29, 1.82) is 0 Å². The third-order valence-corrected chi connectivity index (χ3v) is 6.85. The Morgan fingerprint density at radius 1 is 1.13 bits per heavy atom. The van der Waals surface area contributed by atoms with Crippen LogP contribution in [0.15, 0.2) is 63.3 Å². The van der Waals surface area contributed by atoms with Crippen LogP contribution in [0.1, 0.15) is 11.1 Å². The smallest absolute Gasteiger partial charge is 0.293 e. The zero-order valence-corrected chi connectivity index (χ0v) is 17.5. The number of fused-ring (bicyclic) bond motifs is 1. The van der Waals surface area contributed by atoms with Crippen LogP contribution in [0.3, 0.4) is 0 Å². The van der Waals surface area contributed by atoms with Crippen LogP contribution in [0.2, 0.25) is 0 Å². The van der Waals surface area contributed by atoms with Gasteiger partial charge in [0.05, 0.1) is 23.5 Å². The van der Waals surface area contributed by atoms with Crippen molar-refractivity contribution in [2.45, 2.75) is 4.90 Å². The van der Waals surface area contributed by atoms with Gasteiger partial charge in [0.15, 0.2) is 0 Å². The lowest BCUT2D eigenvalue weighted by molar-refractivity contribution is -0.122. The largest absolute Gasteiger partial charge is 0.497 e. The predicted molar refractivity (Wildman–Crippen MR) is 114 cm³/mol. The summed E-state index contributed by atoms with van der Waals surface area (Å²) in [6, 6.07) is 13.6. The second-order valence-electron chi connectivity index (χ2n) is 6.44. The zero-order valence-electron chi connectivity index (χ0n) is 15.9. The standard InChI is InChI=1S/C20H17N3O5S2/c1-28-14-8-6-13(7-9-14)12-16-19(24)23(20(25)29-16)11-10-21-18-15-4-2-3-5-17(15)30(26,27)22-18/h2-9,12H,10-11H2,1H3,(H,21,22). The molecule has 2 heterocycles. The molecule has 0 aromatic heterocycles. The van der Waals surface area contributed by atoms with Crippen molar-refractivity contribution >= 4 is 44.8 Å². The number of amides is 2. The number of imide groups is 1. The van der Waals surface area contributed by atoms with Gasteiger partial charge in [-0.3, -0.25) is 24.2 Å². The number of hydrogen-bond donors (Lipinski definition) is 1. The Hall–Kier alpha value is -3.11. The van der Waals surface area contributed by atoms with E-state index in [2.05, 4.69) is 9.71 Å². The molecule has 30 heavy (non-hydrogen) atoms. The van der Waals surface area contributed by atoms with E-state index in [0.29, 0.717) is 16.2 Å². The lowest BCUT2D eigenvalue weighted by Crippen LogP contribution is -2.31. The van der Waals surface area contributed by atoms with Gasteiger partial charge in [-0.1, -0.05) is 24.3 Å². The van der Waals surface area contributed by atoms with E-state index in [1.165, 1.54) is 6.07 Å². The van der Waals surface area contributed by atoms with Gasteiger partial charge in [0.25, 0.3) is 21.2 Å². The molecular weight excluding hydrogens is 426 g/mol. The maximum absolute atomic E-state index is 12.6. The van der Waals surface area contributed by atoms with Gasteiger partial charge in [0, 0.05) is 12.1 Å². The Balaban J connectivity index is 1.46. The molecule has 0 radical (unpaired) electrons. The monoisotopic (exact) mass is 443 g/mol. The third kappa shape index (κ3) is 3.83. The van der Waals surface area contributed by atoms with E-state index in [4.69, 9.17) is 4.74 Å². The molecular formula is C20H17N3O5S2. The van der Waals surface area contributed by atoms with Crippen LogP contribution in [0.5, 0.6) is 5.75 Å². The lowest BCUT2D eigenvalue weighted by Gasteiger charge is -2.10.